The fourth-order valence-corrected chi connectivity index (χ4v) is 9.37. The number of aliphatic hydroxyl groups is 3. The lowest BCUT2D eigenvalue weighted by Gasteiger charge is -2.63. The Hall–Kier alpha value is -3.15. The minimum absolute atomic E-state index is 0.00517. The highest BCUT2D eigenvalue weighted by Gasteiger charge is 2.79. The summed E-state index contributed by atoms with van der Waals surface area (Å²) in [6, 6.07) is 11.2. The van der Waals surface area contributed by atoms with Gasteiger partial charge in [-0.1, -0.05) is 30.7 Å². The van der Waals surface area contributed by atoms with E-state index < -0.39 is 59.2 Å². The Morgan fingerprint density at radius 1 is 1.18 bits per heavy atom. The number of alkyl halides is 1. The van der Waals surface area contributed by atoms with E-state index in [0.717, 1.165) is 5.56 Å². The first kappa shape index (κ1) is 29.6. The fourth-order valence-electron chi connectivity index (χ4n) is 9.37. The standard InChI is InChI=1S/C34H40FN3O6/c1-31-12-11-23(40)13-21(31)6-9-24-25-14-28-34(27(42)18-39,32(25,2)15-26(41)33(24,31)35)44-30(43-28)20-5-10-29(38-17-20)37-16-19-3-7-22(36)8-4-19/h3-5,7-8,10-13,17,24-28,30,39,41-42H,6,9,14-16,18,36H2,1-2H3,(H,37,38)/t24-,25-,26-,27?,28+,30+,31-,32-,33-,34+/m0/s1. The molecule has 234 valence electrons. The van der Waals surface area contributed by atoms with Gasteiger partial charge in [-0.25, -0.2) is 9.37 Å². The second-order valence-electron chi connectivity index (χ2n) is 13.6. The van der Waals surface area contributed by atoms with Crippen molar-refractivity contribution < 1.29 is 34.0 Å². The molecule has 10 atom stereocenters. The number of benzene rings is 1. The van der Waals surface area contributed by atoms with Crippen LogP contribution in [-0.2, 0) is 20.8 Å². The summed E-state index contributed by atoms with van der Waals surface area (Å²) >= 11 is 0. The lowest BCUT2D eigenvalue weighted by molar-refractivity contribution is -0.254. The molecule has 2 aromatic rings. The van der Waals surface area contributed by atoms with E-state index in [0.29, 0.717) is 48.4 Å². The molecule has 7 rings (SSSR count). The Balaban J connectivity index is 1.16. The summed E-state index contributed by atoms with van der Waals surface area (Å²) < 4.78 is 30.7. The molecule has 1 saturated heterocycles. The number of nitrogens with zero attached hydrogens (tertiary/aromatic N) is 1. The minimum Gasteiger partial charge on any atom is -0.399 e. The maximum Gasteiger partial charge on any atom is 0.186 e. The number of hydrogen-bond acceptors (Lipinski definition) is 9. The number of fused-ring (bicyclic) bond motifs is 7. The highest BCUT2D eigenvalue weighted by atomic mass is 19.1. The Labute approximate surface area is 256 Å². The third-order valence-electron chi connectivity index (χ3n) is 11.6. The second kappa shape index (κ2) is 10.2. The number of ether oxygens (including phenoxy) is 2. The van der Waals surface area contributed by atoms with E-state index in [2.05, 4.69) is 10.3 Å². The summed E-state index contributed by atoms with van der Waals surface area (Å²) in [4.78, 5) is 16.7. The average Bonchev–Trinajstić information content (AvgIpc) is 3.51. The van der Waals surface area contributed by atoms with Crippen LogP contribution in [0.5, 0.6) is 0 Å². The van der Waals surface area contributed by atoms with Crippen molar-refractivity contribution in [1.29, 1.82) is 0 Å². The van der Waals surface area contributed by atoms with Gasteiger partial charge in [-0.2, -0.15) is 0 Å². The Morgan fingerprint density at radius 2 is 1.95 bits per heavy atom. The quantitative estimate of drug-likeness (QED) is 0.311. The first-order chi connectivity index (χ1) is 21.0. The van der Waals surface area contributed by atoms with Crippen molar-refractivity contribution in [2.24, 2.45) is 22.7 Å². The molecule has 1 aromatic heterocycles. The summed E-state index contributed by atoms with van der Waals surface area (Å²) in [6.45, 7) is 3.70. The van der Waals surface area contributed by atoms with Crippen LogP contribution in [0, 0.1) is 22.7 Å². The largest absolute Gasteiger partial charge is 0.399 e. The zero-order chi connectivity index (χ0) is 31.1. The van der Waals surface area contributed by atoms with Crippen LogP contribution in [0.2, 0.25) is 0 Å². The average molecular weight is 606 g/mol. The van der Waals surface area contributed by atoms with Crippen molar-refractivity contribution in [2.75, 3.05) is 17.7 Å². The molecule has 0 amide bonds. The number of hydrogen-bond donors (Lipinski definition) is 5. The molecule has 4 fully saturated rings. The van der Waals surface area contributed by atoms with Gasteiger partial charge in [-0.05, 0) is 80.5 Å². The first-order valence-corrected chi connectivity index (χ1v) is 15.4. The number of aromatic nitrogens is 1. The molecule has 6 N–H and O–H groups in total. The summed E-state index contributed by atoms with van der Waals surface area (Å²) in [6.07, 6.45) is 3.38. The molecular formula is C34H40FN3O6. The van der Waals surface area contributed by atoms with E-state index in [1.165, 1.54) is 12.2 Å². The Bertz CT molecular complexity index is 1520. The Kier molecular flexibility index (Phi) is 6.84. The van der Waals surface area contributed by atoms with E-state index in [4.69, 9.17) is 15.2 Å². The maximum atomic E-state index is 17.6. The number of nitrogen functional groups attached to an aromatic ring is 1. The molecule has 0 spiro atoms. The van der Waals surface area contributed by atoms with Gasteiger partial charge in [0.05, 0.1) is 18.8 Å². The molecular weight excluding hydrogens is 565 g/mol. The molecule has 2 heterocycles. The molecule has 0 radical (unpaired) electrons. The predicted molar refractivity (Wildman–Crippen MR) is 161 cm³/mol. The normalized spacial score (nSPS) is 41.3. The van der Waals surface area contributed by atoms with E-state index >= 15 is 4.39 Å². The third-order valence-corrected chi connectivity index (χ3v) is 11.6. The van der Waals surface area contributed by atoms with Gasteiger partial charge < -0.3 is 35.8 Å². The lowest BCUT2D eigenvalue weighted by atomic mass is 9.44. The second-order valence-corrected chi connectivity index (χ2v) is 13.6. The first-order valence-electron chi connectivity index (χ1n) is 15.4. The van der Waals surface area contributed by atoms with Gasteiger partial charge in [0, 0.05) is 40.7 Å². The van der Waals surface area contributed by atoms with Gasteiger partial charge >= 0.3 is 0 Å². The van der Waals surface area contributed by atoms with Crippen molar-refractivity contribution >= 4 is 17.3 Å². The van der Waals surface area contributed by atoms with Crippen molar-refractivity contribution in [3.8, 4) is 0 Å². The number of carbonyl (C=O) groups excluding carboxylic acids is 1. The summed E-state index contributed by atoms with van der Waals surface area (Å²) in [7, 11) is 0. The number of allylic oxidation sites excluding steroid dienone is 4. The van der Waals surface area contributed by atoms with Crippen LogP contribution in [0.15, 0.2) is 66.4 Å². The topological polar surface area (TPSA) is 147 Å². The van der Waals surface area contributed by atoms with Crippen LogP contribution in [0.3, 0.4) is 0 Å². The predicted octanol–water partition coefficient (Wildman–Crippen LogP) is 3.76. The monoisotopic (exact) mass is 605 g/mol. The van der Waals surface area contributed by atoms with Crippen molar-refractivity contribution in [3.05, 3.63) is 77.5 Å². The van der Waals surface area contributed by atoms with Gasteiger partial charge in [-0.15, -0.1) is 0 Å². The molecule has 1 aliphatic heterocycles. The molecule has 10 heteroatoms. The highest BCUT2D eigenvalue weighted by molar-refractivity contribution is 6.01. The molecule has 44 heavy (non-hydrogen) atoms. The van der Waals surface area contributed by atoms with Crippen molar-refractivity contribution in [2.45, 2.75) is 81.9 Å². The molecule has 3 saturated carbocycles. The zero-order valence-electron chi connectivity index (χ0n) is 24.9. The van der Waals surface area contributed by atoms with Crippen LogP contribution in [0.1, 0.15) is 56.9 Å². The van der Waals surface area contributed by atoms with E-state index in [9.17, 15) is 20.1 Å². The van der Waals surface area contributed by atoms with E-state index in [1.807, 2.05) is 43.3 Å². The van der Waals surface area contributed by atoms with Gasteiger partial charge in [0.1, 0.15) is 17.5 Å². The lowest BCUT2D eigenvalue weighted by Crippen LogP contribution is -2.70. The number of anilines is 2. The number of carbonyl (C=O) groups is 1. The van der Waals surface area contributed by atoms with Gasteiger partial charge in [0.15, 0.2) is 17.7 Å². The Morgan fingerprint density at radius 3 is 2.66 bits per heavy atom. The number of nitrogens with two attached hydrogens (primary N) is 1. The number of ketones is 1. The van der Waals surface area contributed by atoms with Crippen LogP contribution >= 0.6 is 0 Å². The minimum atomic E-state index is -2.01. The molecule has 1 aromatic carbocycles. The number of aliphatic hydroxyl groups excluding tert-OH is 3. The SMILES string of the molecule is C[C@]12C=CC(=O)C=C1CC[C@H]1[C@@H]3C[C@H]4O[C@@H](c5ccc(NCc6ccc(N)cc6)nc5)O[C@@]4(C(O)CO)[C@@]3(C)C[C@H](O)[C@@]12F. The molecule has 5 aliphatic rings. The highest BCUT2D eigenvalue weighted by Crippen LogP contribution is 2.72. The number of rotatable bonds is 6. The van der Waals surface area contributed by atoms with Crippen LogP contribution in [-0.4, -0.2) is 62.3 Å². The molecule has 9 nitrogen and oxygen atoms in total. The smallest absolute Gasteiger partial charge is 0.186 e. The summed E-state index contributed by atoms with van der Waals surface area (Å²) in [5.41, 5.74) is 3.47. The number of pyridine rings is 1. The van der Waals surface area contributed by atoms with Gasteiger partial charge in [0.25, 0.3) is 0 Å². The van der Waals surface area contributed by atoms with Crippen molar-refractivity contribution in [3.63, 3.8) is 0 Å². The molecule has 1 unspecified atom stereocenters. The maximum absolute atomic E-state index is 17.6. The van der Waals surface area contributed by atoms with Crippen LogP contribution < -0.4 is 11.1 Å². The van der Waals surface area contributed by atoms with E-state index in [1.54, 1.807) is 19.2 Å². The van der Waals surface area contributed by atoms with E-state index in [-0.39, 0.29) is 18.1 Å². The molecule has 0 bridgehead atoms. The molecule has 4 aliphatic carbocycles. The van der Waals surface area contributed by atoms with Crippen LogP contribution in [0.4, 0.5) is 15.9 Å². The number of nitrogens with one attached hydrogen (secondary N) is 1. The van der Waals surface area contributed by atoms with Gasteiger partial charge in [-0.3, -0.25) is 4.79 Å². The van der Waals surface area contributed by atoms with Crippen molar-refractivity contribution in [1.82, 2.24) is 4.98 Å². The summed E-state index contributed by atoms with van der Waals surface area (Å²) in [5.74, 6) is -0.370. The van der Waals surface area contributed by atoms with Gasteiger partial charge in [0.2, 0.25) is 0 Å². The summed E-state index contributed by atoms with van der Waals surface area (Å²) in [5, 5.41) is 36.7. The van der Waals surface area contributed by atoms with Crippen LogP contribution in [0.25, 0.3) is 0 Å². The third kappa shape index (κ3) is 3.94. The fraction of sp³-hybridized carbons (Fsp3) is 0.529. The zero-order valence-corrected chi connectivity index (χ0v) is 24.9. The number of halogens is 1.